The first kappa shape index (κ1) is 12.3. The Hall–Kier alpha value is -1.82. The van der Waals surface area contributed by atoms with Crippen LogP contribution in [0.1, 0.15) is 23.0 Å². The van der Waals surface area contributed by atoms with Gasteiger partial charge in [0.2, 0.25) is 5.91 Å². The third-order valence-corrected chi connectivity index (χ3v) is 2.19. The molecule has 1 atom stereocenters. The van der Waals surface area contributed by atoms with E-state index in [0.29, 0.717) is 12.2 Å². The van der Waals surface area contributed by atoms with Gasteiger partial charge in [-0.1, -0.05) is 0 Å². The van der Waals surface area contributed by atoms with Gasteiger partial charge in [-0.25, -0.2) is 4.79 Å². The topological polar surface area (TPSA) is 97.2 Å². The number of H-pyrrole nitrogens is 1. The molecule has 0 aromatic carbocycles. The van der Waals surface area contributed by atoms with E-state index in [9.17, 15) is 9.59 Å². The molecule has 0 spiro atoms. The minimum Gasteiger partial charge on any atom is -0.464 e. The molecular weight excluding hydrogens is 210 g/mol. The second kappa shape index (κ2) is 5.32. The zero-order chi connectivity index (χ0) is 12.1. The van der Waals surface area contributed by atoms with Crippen LogP contribution in [0.15, 0.2) is 12.3 Å². The molecule has 0 aliphatic carbocycles. The Morgan fingerprint density at radius 3 is 2.88 bits per heavy atom. The zero-order valence-corrected chi connectivity index (χ0v) is 9.24. The highest BCUT2D eigenvalue weighted by Gasteiger charge is 2.10. The molecule has 0 aliphatic rings. The summed E-state index contributed by atoms with van der Waals surface area (Å²) in [5.41, 5.74) is 6.33. The molecule has 88 valence electrons. The summed E-state index contributed by atoms with van der Waals surface area (Å²) in [5, 5.41) is 2.92. The van der Waals surface area contributed by atoms with Gasteiger partial charge in [-0.2, -0.15) is 0 Å². The standard InChI is InChI=1S/C10H15N3O3/c1-6(9(11)14)12-4-7-3-8(13-5-7)10(15)16-2/h3,5-6,12-13H,4H2,1-2H3,(H2,11,14)/t6-/m0/s1. The summed E-state index contributed by atoms with van der Waals surface area (Å²) in [5.74, 6) is -0.835. The fraction of sp³-hybridized carbons (Fsp3) is 0.400. The van der Waals surface area contributed by atoms with Gasteiger partial charge in [-0.3, -0.25) is 4.79 Å². The number of rotatable bonds is 5. The first-order valence-corrected chi connectivity index (χ1v) is 4.83. The van der Waals surface area contributed by atoms with E-state index in [-0.39, 0.29) is 0 Å². The van der Waals surface area contributed by atoms with Crippen molar-refractivity contribution in [2.75, 3.05) is 7.11 Å². The third-order valence-electron chi connectivity index (χ3n) is 2.19. The Bertz CT molecular complexity index is 386. The van der Waals surface area contributed by atoms with Crippen molar-refractivity contribution in [2.24, 2.45) is 5.73 Å². The second-order valence-electron chi connectivity index (χ2n) is 3.42. The van der Waals surface area contributed by atoms with Crippen LogP contribution in [-0.4, -0.2) is 30.0 Å². The summed E-state index contributed by atoms with van der Waals surface area (Å²) in [4.78, 5) is 24.7. The molecule has 0 saturated carbocycles. The summed E-state index contributed by atoms with van der Waals surface area (Å²) < 4.78 is 4.55. The highest BCUT2D eigenvalue weighted by atomic mass is 16.5. The van der Waals surface area contributed by atoms with Gasteiger partial charge in [0, 0.05) is 12.7 Å². The van der Waals surface area contributed by atoms with Gasteiger partial charge < -0.3 is 20.8 Å². The van der Waals surface area contributed by atoms with Crippen LogP contribution in [0.4, 0.5) is 0 Å². The number of primary amides is 1. The molecule has 1 rings (SSSR count). The lowest BCUT2D eigenvalue weighted by atomic mass is 10.2. The fourth-order valence-corrected chi connectivity index (χ4v) is 1.14. The summed E-state index contributed by atoms with van der Waals surface area (Å²) in [7, 11) is 1.32. The molecule has 1 aromatic heterocycles. The molecule has 1 aromatic rings. The SMILES string of the molecule is COC(=O)c1cc(CN[C@@H](C)C(N)=O)c[nH]1. The first-order valence-electron chi connectivity index (χ1n) is 4.83. The number of carbonyl (C=O) groups excluding carboxylic acids is 2. The maximum Gasteiger partial charge on any atom is 0.354 e. The Morgan fingerprint density at radius 2 is 2.31 bits per heavy atom. The number of hydrogen-bond acceptors (Lipinski definition) is 4. The van der Waals surface area contributed by atoms with Crippen molar-refractivity contribution in [1.82, 2.24) is 10.3 Å². The molecule has 4 N–H and O–H groups in total. The largest absolute Gasteiger partial charge is 0.464 e. The minimum absolute atomic E-state index is 0.381. The zero-order valence-electron chi connectivity index (χ0n) is 9.24. The number of nitrogens with two attached hydrogens (primary N) is 1. The van der Waals surface area contributed by atoms with E-state index in [4.69, 9.17) is 5.73 Å². The fourth-order valence-electron chi connectivity index (χ4n) is 1.14. The van der Waals surface area contributed by atoms with Gasteiger partial charge >= 0.3 is 5.97 Å². The van der Waals surface area contributed by atoms with Crippen LogP contribution < -0.4 is 11.1 Å². The van der Waals surface area contributed by atoms with E-state index in [1.54, 1.807) is 19.2 Å². The van der Waals surface area contributed by atoms with Crippen LogP contribution in [0, 0.1) is 0 Å². The molecule has 0 aliphatic heterocycles. The number of aromatic nitrogens is 1. The number of nitrogens with one attached hydrogen (secondary N) is 2. The van der Waals surface area contributed by atoms with Gasteiger partial charge in [-0.05, 0) is 18.6 Å². The average Bonchev–Trinajstić information content (AvgIpc) is 2.73. The molecular formula is C10H15N3O3. The second-order valence-corrected chi connectivity index (χ2v) is 3.42. The monoisotopic (exact) mass is 225 g/mol. The highest BCUT2D eigenvalue weighted by molar-refractivity contribution is 5.87. The van der Waals surface area contributed by atoms with E-state index in [2.05, 4.69) is 15.0 Å². The van der Waals surface area contributed by atoms with Crippen LogP contribution in [0.5, 0.6) is 0 Å². The van der Waals surface area contributed by atoms with Gasteiger partial charge in [0.25, 0.3) is 0 Å². The Morgan fingerprint density at radius 1 is 1.62 bits per heavy atom. The lowest BCUT2D eigenvalue weighted by Gasteiger charge is -2.07. The number of carbonyl (C=O) groups is 2. The molecule has 16 heavy (non-hydrogen) atoms. The number of hydrogen-bond donors (Lipinski definition) is 3. The van der Waals surface area contributed by atoms with Gasteiger partial charge in [-0.15, -0.1) is 0 Å². The van der Waals surface area contributed by atoms with Gasteiger partial charge in [0.15, 0.2) is 0 Å². The number of methoxy groups -OCH3 is 1. The number of aromatic amines is 1. The molecule has 1 heterocycles. The summed E-state index contributed by atoms with van der Waals surface area (Å²) in [6.45, 7) is 2.13. The lowest BCUT2D eigenvalue weighted by molar-refractivity contribution is -0.119. The van der Waals surface area contributed by atoms with Crippen molar-refractivity contribution >= 4 is 11.9 Å². The van der Waals surface area contributed by atoms with Gasteiger partial charge in [0.05, 0.1) is 13.2 Å². The Balaban J connectivity index is 2.53. The average molecular weight is 225 g/mol. The van der Waals surface area contributed by atoms with Crippen molar-refractivity contribution in [1.29, 1.82) is 0 Å². The summed E-state index contributed by atoms with van der Waals surface area (Å²) >= 11 is 0. The van der Waals surface area contributed by atoms with Crippen molar-refractivity contribution < 1.29 is 14.3 Å². The predicted octanol–water partition coefficient (Wildman–Crippen LogP) is -0.235. The first-order chi connectivity index (χ1) is 7.54. The van der Waals surface area contributed by atoms with Crippen molar-refractivity contribution in [3.05, 3.63) is 23.5 Å². The van der Waals surface area contributed by atoms with Crippen molar-refractivity contribution in [3.8, 4) is 0 Å². The van der Waals surface area contributed by atoms with E-state index >= 15 is 0 Å². The molecule has 6 nitrogen and oxygen atoms in total. The number of esters is 1. The Kier molecular flexibility index (Phi) is 4.07. The van der Waals surface area contributed by atoms with Crippen molar-refractivity contribution in [2.45, 2.75) is 19.5 Å². The molecule has 0 saturated heterocycles. The molecule has 0 bridgehead atoms. The summed E-state index contributed by atoms with van der Waals surface area (Å²) in [6.07, 6.45) is 1.67. The van der Waals surface area contributed by atoms with E-state index in [0.717, 1.165) is 5.56 Å². The predicted molar refractivity (Wildman–Crippen MR) is 57.6 cm³/mol. The molecule has 6 heteroatoms. The smallest absolute Gasteiger partial charge is 0.354 e. The van der Waals surface area contributed by atoms with E-state index < -0.39 is 17.9 Å². The normalized spacial score (nSPS) is 12.1. The Labute approximate surface area is 93.2 Å². The minimum atomic E-state index is -0.422. The maximum atomic E-state index is 11.1. The lowest BCUT2D eigenvalue weighted by Crippen LogP contribution is -2.38. The molecule has 0 unspecified atom stereocenters. The van der Waals surface area contributed by atoms with Crippen molar-refractivity contribution in [3.63, 3.8) is 0 Å². The van der Waals surface area contributed by atoms with E-state index in [1.807, 2.05) is 0 Å². The highest BCUT2D eigenvalue weighted by Crippen LogP contribution is 2.04. The van der Waals surface area contributed by atoms with Gasteiger partial charge in [0.1, 0.15) is 5.69 Å². The molecule has 0 fully saturated rings. The van der Waals surface area contributed by atoms with Crippen LogP contribution in [0.3, 0.4) is 0 Å². The summed E-state index contributed by atoms with van der Waals surface area (Å²) in [6, 6.07) is 1.25. The van der Waals surface area contributed by atoms with Crippen LogP contribution >= 0.6 is 0 Å². The molecule has 0 radical (unpaired) electrons. The number of ether oxygens (including phenoxy) is 1. The van der Waals surface area contributed by atoms with Crippen LogP contribution in [0.25, 0.3) is 0 Å². The third kappa shape index (κ3) is 3.09. The van der Waals surface area contributed by atoms with Crippen LogP contribution in [0.2, 0.25) is 0 Å². The number of amides is 1. The van der Waals surface area contributed by atoms with E-state index in [1.165, 1.54) is 7.11 Å². The molecule has 1 amide bonds. The van der Waals surface area contributed by atoms with Crippen LogP contribution in [-0.2, 0) is 16.1 Å². The quantitative estimate of drug-likeness (QED) is 0.603. The maximum absolute atomic E-state index is 11.1.